The third kappa shape index (κ3) is 2.53. The van der Waals surface area contributed by atoms with Crippen LogP contribution in [0.5, 0.6) is 0 Å². The molecule has 0 saturated carbocycles. The molecule has 7 heteroatoms. The van der Waals surface area contributed by atoms with Gasteiger partial charge in [0.05, 0.1) is 24.3 Å². The van der Waals surface area contributed by atoms with Gasteiger partial charge in [-0.3, -0.25) is 5.10 Å². The summed E-state index contributed by atoms with van der Waals surface area (Å²) in [6.07, 6.45) is 3.04. The molecule has 1 saturated heterocycles. The van der Waals surface area contributed by atoms with Crippen molar-refractivity contribution in [3.8, 4) is 0 Å². The molecule has 1 atom stereocenters. The first-order valence-electron chi connectivity index (χ1n) is 7.09. The Bertz CT molecular complexity index is 583. The maximum absolute atomic E-state index is 5.59. The minimum atomic E-state index is 0.215. The molecule has 1 aliphatic rings. The van der Waals surface area contributed by atoms with Crippen molar-refractivity contribution < 1.29 is 4.74 Å². The molecule has 3 rings (SSSR count). The molecule has 0 spiro atoms. The Morgan fingerprint density at radius 3 is 3.20 bits per heavy atom. The van der Waals surface area contributed by atoms with E-state index >= 15 is 0 Å². The zero-order chi connectivity index (χ0) is 13.9. The van der Waals surface area contributed by atoms with Crippen LogP contribution in [-0.4, -0.2) is 52.5 Å². The highest BCUT2D eigenvalue weighted by molar-refractivity contribution is 5.87. The smallest absolute Gasteiger partial charge is 0.226 e. The molecule has 3 heterocycles. The molecule has 2 aromatic rings. The topological polar surface area (TPSA) is 79.0 Å². The van der Waals surface area contributed by atoms with Crippen LogP contribution in [0.25, 0.3) is 11.0 Å². The fraction of sp³-hybridized carbons (Fsp3) is 0.615. The van der Waals surface area contributed by atoms with Gasteiger partial charge in [-0.1, -0.05) is 6.92 Å². The van der Waals surface area contributed by atoms with E-state index in [-0.39, 0.29) is 6.10 Å². The Morgan fingerprint density at radius 1 is 1.50 bits per heavy atom. The second-order valence-corrected chi connectivity index (χ2v) is 5.06. The van der Waals surface area contributed by atoms with Gasteiger partial charge in [-0.05, 0) is 13.3 Å². The quantitative estimate of drug-likeness (QED) is 0.879. The second-order valence-electron chi connectivity index (χ2n) is 5.06. The lowest BCUT2D eigenvalue weighted by Crippen LogP contribution is -2.41. The van der Waals surface area contributed by atoms with Crippen molar-refractivity contribution in [1.29, 1.82) is 0 Å². The summed E-state index contributed by atoms with van der Waals surface area (Å²) in [5.41, 5.74) is 0.771. The first kappa shape index (κ1) is 13.1. The Hall–Kier alpha value is -1.89. The highest BCUT2D eigenvalue weighted by Gasteiger charge is 2.21. The average molecular weight is 276 g/mol. The Kier molecular flexibility index (Phi) is 3.68. The molecular weight excluding hydrogens is 256 g/mol. The summed E-state index contributed by atoms with van der Waals surface area (Å²) in [6, 6.07) is 0. The third-order valence-electron chi connectivity index (χ3n) is 3.36. The number of fused-ring (bicyclic) bond motifs is 1. The van der Waals surface area contributed by atoms with E-state index < -0.39 is 0 Å². The van der Waals surface area contributed by atoms with Gasteiger partial charge in [-0.25, -0.2) is 0 Å². The number of morpholine rings is 1. The molecule has 2 N–H and O–H groups in total. The van der Waals surface area contributed by atoms with Crippen LogP contribution in [0.15, 0.2) is 6.20 Å². The number of hydrogen-bond acceptors (Lipinski definition) is 6. The highest BCUT2D eigenvalue weighted by atomic mass is 16.5. The summed E-state index contributed by atoms with van der Waals surface area (Å²) in [4.78, 5) is 11.3. The number of anilines is 2. The van der Waals surface area contributed by atoms with Gasteiger partial charge in [-0.2, -0.15) is 15.1 Å². The molecule has 2 aromatic heterocycles. The standard InChI is InChI=1S/C13H20N6O/c1-3-4-14-13-16-11-10(7-15-18-11)12(17-13)19-5-6-20-9(2)8-19/h7,9H,3-6,8H2,1-2H3,(H2,14,15,16,17,18). The van der Waals surface area contributed by atoms with Gasteiger partial charge < -0.3 is 15.0 Å². The van der Waals surface area contributed by atoms with Crippen LogP contribution in [0.4, 0.5) is 11.8 Å². The number of H-pyrrole nitrogens is 1. The largest absolute Gasteiger partial charge is 0.375 e. The molecule has 0 aliphatic carbocycles. The number of aromatic nitrogens is 4. The van der Waals surface area contributed by atoms with Crippen LogP contribution in [0.1, 0.15) is 20.3 Å². The van der Waals surface area contributed by atoms with Crippen molar-refractivity contribution in [2.24, 2.45) is 0 Å². The molecule has 0 bridgehead atoms. The van der Waals surface area contributed by atoms with Crippen LogP contribution in [0, 0.1) is 0 Å². The lowest BCUT2D eigenvalue weighted by Gasteiger charge is -2.32. The van der Waals surface area contributed by atoms with Gasteiger partial charge >= 0.3 is 0 Å². The van der Waals surface area contributed by atoms with Crippen LogP contribution < -0.4 is 10.2 Å². The van der Waals surface area contributed by atoms with Crippen LogP contribution in [0.3, 0.4) is 0 Å². The number of ether oxygens (including phenoxy) is 1. The number of aromatic amines is 1. The molecule has 0 radical (unpaired) electrons. The van der Waals surface area contributed by atoms with Crippen molar-refractivity contribution in [2.45, 2.75) is 26.4 Å². The monoisotopic (exact) mass is 276 g/mol. The normalized spacial score (nSPS) is 19.5. The molecule has 1 fully saturated rings. The fourth-order valence-corrected chi connectivity index (χ4v) is 2.39. The second kappa shape index (κ2) is 5.62. The number of rotatable bonds is 4. The maximum Gasteiger partial charge on any atom is 0.226 e. The maximum atomic E-state index is 5.59. The number of hydrogen-bond donors (Lipinski definition) is 2. The zero-order valence-corrected chi connectivity index (χ0v) is 11.9. The van der Waals surface area contributed by atoms with Gasteiger partial charge in [0, 0.05) is 19.6 Å². The van der Waals surface area contributed by atoms with Crippen molar-refractivity contribution in [3.63, 3.8) is 0 Å². The SMILES string of the molecule is CCCNc1nc(N2CCOC(C)C2)c2cn[nH]c2n1. The first-order valence-corrected chi connectivity index (χ1v) is 7.09. The molecular formula is C13H20N6O. The molecule has 20 heavy (non-hydrogen) atoms. The highest BCUT2D eigenvalue weighted by Crippen LogP contribution is 2.25. The van der Waals surface area contributed by atoms with Crippen LogP contribution in [0.2, 0.25) is 0 Å². The van der Waals surface area contributed by atoms with Crippen LogP contribution >= 0.6 is 0 Å². The van der Waals surface area contributed by atoms with E-state index in [1.54, 1.807) is 6.20 Å². The van der Waals surface area contributed by atoms with E-state index in [1.165, 1.54) is 0 Å². The Labute approximate surface area is 117 Å². The lowest BCUT2D eigenvalue weighted by molar-refractivity contribution is 0.0530. The predicted molar refractivity (Wildman–Crippen MR) is 78.1 cm³/mol. The summed E-state index contributed by atoms with van der Waals surface area (Å²) in [5.74, 6) is 1.58. The minimum absolute atomic E-state index is 0.215. The van der Waals surface area contributed by atoms with Crippen molar-refractivity contribution in [1.82, 2.24) is 20.2 Å². The minimum Gasteiger partial charge on any atom is -0.375 e. The molecule has 1 unspecified atom stereocenters. The lowest BCUT2D eigenvalue weighted by atomic mass is 10.2. The van der Waals surface area contributed by atoms with Gasteiger partial charge in [-0.15, -0.1) is 0 Å². The van der Waals surface area contributed by atoms with E-state index in [2.05, 4.69) is 44.2 Å². The average Bonchev–Trinajstić information content (AvgIpc) is 2.92. The molecule has 108 valence electrons. The van der Waals surface area contributed by atoms with Gasteiger partial charge in [0.25, 0.3) is 0 Å². The van der Waals surface area contributed by atoms with Gasteiger partial charge in [0.15, 0.2) is 5.65 Å². The first-order chi connectivity index (χ1) is 9.78. The van der Waals surface area contributed by atoms with Crippen molar-refractivity contribution in [3.05, 3.63) is 6.20 Å². The fourth-order valence-electron chi connectivity index (χ4n) is 2.39. The molecule has 1 aliphatic heterocycles. The van der Waals surface area contributed by atoms with Crippen molar-refractivity contribution in [2.75, 3.05) is 36.5 Å². The Balaban J connectivity index is 1.96. The molecule has 0 amide bonds. The van der Waals surface area contributed by atoms with Gasteiger partial charge in [0.1, 0.15) is 5.82 Å². The molecule has 0 aromatic carbocycles. The van der Waals surface area contributed by atoms with Crippen LogP contribution in [-0.2, 0) is 4.74 Å². The summed E-state index contributed by atoms with van der Waals surface area (Å²) in [6.45, 7) is 7.46. The van der Waals surface area contributed by atoms with Gasteiger partial charge in [0.2, 0.25) is 5.95 Å². The summed E-state index contributed by atoms with van der Waals surface area (Å²) in [5, 5.41) is 11.2. The Morgan fingerprint density at radius 2 is 2.40 bits per heavy atom. The van der Waals surface area contributed by atoms with E-state index in [0.29, 0.717) is 5.95 Å². The van der Waals surface area contributed by atoms with E-state index in [4.69, 9.17) is 4.74 Å². The summed E-state index contributed by atoms with van der Waals surface area (Å²) in [7, 11) is 0. The third-order valence-corrected chi connectivity index (χ3v) is 3.36. The molecule has 7 nitrogen and oxygen atoms in total. The van der Waals surface area contributed by atoms with E-state index in [9.17, 15) is 0 Å². The van der Waals surface area contributed by atoms with E-state index in [0.717, 1.165) is 49.5 Å². The number of nitrogens with one attached hydrogen (secondary N) is 2. The zero-order valence-electron chi connectivity index (χ0n) is 11.9. The summed E-state index contributed by atoms with van der Waals surface area (Å²) < 4.78 is 5.59. The van der Waals surface area contributed by atoms with E-state index in [1.807, 2.05) is 0 Å². The number of nitrogens with zero attached hydrogens (tertiary/aromatic N) is 4. The summed E-state index contributed by atoms with van der Waals surface area (Å²) >= 11 is 0. The predicted octanol–water partition coefficient (Wildman–Crippen LogP) is 1.40. The van der Waals surface area contributed by atoms with Crippen molar-refractivity contribution >= 4 is 22.8 Å².